The molecule has 1 amide bonds. The number of carbonyl (C=O) groups is 1. The average molecular weight is 164 g/mol. The van der Waals surface area contributed by atoms with Crippen LogP contribution in [0.1, 0.15) is 6.92 Å². The Balaban J connectivity index is 3.61. The van der Waals surface area contributed by atoms with Gasteiger partial charge < -0.3 is 5.11 Å². The Labute approximate surface area is 64.6 Å². The number of hydrogen-bond donors (Lipinski definition) is 2. The molecule has 0 atom stereocenters. The van der Waals surface area contributed by atoms with Crippen molar-refractivity contribution in [2.75, 3.05) is 18.7 Å². The Bertz CT molecular complexity index is 104. The first-order valence-corrected chi connectivity index (χ1v) is 4.34. The molecule has 0 unspecified atom stereocenters. The van der Waals surface area contributed by atoms with Gasteiger partial charge in [0.2, 0.25) is 0 Å². The van der Waals surface area contributed by atoms with Gasteiger partial charge in [-0.25, -0.2) is 15.2 Å². The molecule has 0 spiro atoms. The van der Waals surface area contributed by atoms with E-state index in [1.54, 1.807) is 0 Å². The summed E-state index contributed by atoms with van der Waals surface area (Å²) in [6.07, 6.45) is 0.920. The topological polar surface area (TPSA) is 52.6 Å². The fraction of sp³-hybridized carbons (Fsp3) is 0.800. The van der Waals surface area contributed by atoms with Gasteiger partial charge in [-0.3, -0.25) is 0 Å². The minimum Gasteiger partial charge on any atom is -0.464 e. The van der Waals surface area contributed by atoms with E-state index < -0.39 is 6.09 Å². The lowest BCUT2D eigenvalue weighted by molar-refractivity contribution is 0.133. The summed E-state index contributed by atoms with van der Waals surface area (Å²) in [5, 5.41) is 9.64. The number of nitrogens with one attached hydrogen (secondary N) is 1. The van der Waals surface area contributed by atoms with Crippen LogP contribution in [0.15, 0.2) is 0 Å². The van der Waals surface area contributed by atoms with E-state index in [4.69, 9.17) is 5.11 Å². The number of carboxylic acid groups (broad SMARTS) is 1. The minimum atomic E-state index is -0.934. The molecule has 0 saturated carbocycles. The summed E-state index contributed by atoms with van der Waals surface area (Å²) in [7, 11) is 0. The monoisotopic (exact) mass is 164 g/mol. The van der Waals surface area contributed by atoms with Gasteiger partial charge in [0.05, 0.1) is 5.88 Å². The molecule has 0 heterocycles. The summed E-state index contributed by atoms with van der Waals surface area (Å²) in [6.45, 7) is 2.49. The first-order valence-electron chi connectivity index (χ1n) is 2.95. The molecule has 0 aliphatic heterocycles. The highest BCUT2D eigenvalue weighted by atomic mass is 32.2. The van der Waals surface area contributed by atoms with E-state index in [1.165, 1.54) is 11.8 Å². The van der Waals surface area contributed by atoms with Gasteiger partial charge in [-0.05, 0) is 6.26 Å². The van der Waals surface area contributed by atoms with Crippen LogP contribution in [0.4, 0.5) is 4.79 Å². The first kappa shape index (κ1) is 9.58. The zero-order chi connectivity index (χ0) is 7.98. The van der Waals surface area contributed by atoms with Crippen molar-refractivity contribution < 1.29 is 9.90 Å². The van der Waals surface area contributed by atoms with Gasteiger partial charge in [-0.2, -0.15) is 0 Å². The Morgan fingerprint density at radius 2 is 2.40 bits per heavy atom. The van der Waals surface area contributed by atoms with Crippen LogP contribution in [0.3, 0.4) is 0 Å². The maximum absolute atomic E-state index is 10.3. The molecule has 0 rings (SSSR count). The summed E-state index contributed by atoms with van der Waals surface area (Å²) in [4.78, 5) is 10.3. The van der Waals surface area contributed by atoms with Crippen LogP contribution in [-0.4, -0.2) is 34.9 Å². The number of thioether (sulfide) groups is 1. The van der Waals surface area contributed by atoms with Crippen LogP contribution in [0.25, 0.3) is 0 Å². The third-order valence-corrected chi connectivity index (χ3v) is 1.35. The van der Waals surface area contributed by atoms with E-state index >= 15 is 0 Å². The highest BCUT2D eigenvalue weighted by molar-refractivity contribution is 7.98. The lowest BCUT2D eigenvalue weighted by Gasteiger charge is -2.17. The van der Waals surface area contributed by atoms with Crippen LogP contribution in [0, 0.1) is 0 Å². The second-order valence-corrected chi connectivity index (χ2v) is 2.48. The molecule has 0 bridgehead atoms. The van der Waals surface area contributed by atoms with E-state index in [0.717, 1.165) is 5.01 Å². The van der Waals surface area contributed by atoms with Gasteiger partial charge in [-0.15, -0.1) is 11.8 Å². The predicted molar refractivity (Wildman–Crippen MR) is 41.9 cm³/mol. The summed E-state index contributed by atoms with van der Waals surface area (Å²) in [5.41, 5.74) is 2.70. The van der Waals surface area contributed by atoms with Crippen molar-refractivity contribution >= 4 is 17.9 Å². The van der Waals surface area contributed by atoms with Crippen LogP contribution >= 0.6 is 11.8 Å². The highest BCUT2D eigenvalue weighted by Gasteiger charge is 2.07. The smallest absolute Gasteiger partial charge is 0.422 e. The van der Waals surface area contributed by atoms with Crippen LogP contribution < -0.4 is 5.43 Å². The molecule has 10 heavy (non-hydrogen) atoms. The van der Waals surface area contributed by atoms with Gasteiger partial charge in [0.15, 0.2) is 0 Å². The largest absolute Gasteiger partial charge is 0.464 e. The van der Waals surface area contributed by atoms with Crippen molar-refractivity contribution in [2.45, 2.75) is 6.92 Å². The van der Waals surface area contributed by atoms with E-state index in [1.807, 2.05) is 13.2 Å². The standard InChI is InChI=1S/C5H12N2O2S/c1-3-6-7(4-10-2)5(8)9/h6H,3-4H2,1-2H3,(H,8,9). The number of amides is 1. The van der Waals surface area contributed by atoms with Crippen molar-refractivity contribution in [1.29, 1.82) is 0 Å². The van der Waals surface area contributed by atoms with E-state index in [-0.39, 0.29) is 0 Å². The molecule has 0 aliphatic rings. The molecule has 0 saturated heterocycles. The summed E-state index contributed by atoms with van der Waals surface area (Å²) >= 11 is 1.46. The number of hydrazine groups is 1. The van der Waals surface area contributed by atoms with Crippen LogP contribution in [0.2, 0.25) is 0 Å². The van der Waals surface area contributed by atoms with Gasteiger partial charge >= 0.3 is 6.09 Å². The Kier molecular flexibility index (Phi) is 5.15. The summed E-state index contributed by atoms with van der Waals surface area (Å²) < 4.78 is 0. The maximum atomic E-state index is 10.3. The Morgan fingerprint density at radius 1 is 1.80 bits per heavy atom. The third-order valence-electron chi connectivity index (χ3n) is 0.838. The molecule has 0 aromatic heterocycles. The second kappa shape index (κ2) is 5.37. The molecule has 4 nitrogen and oxygen atoms in total. The summed E-state index contributed by atoms with van der Waals surface area (Å²) in [6, 6.07) is 0. The van der Waals surface area contributed by atoms with Gasteiger partial charge in [-0.1, -0.05) is 6.92 Å². The molecule has 2 N–H and O–H groups in total. The van der Waals surface area contributed by atoms with E-state index in [2.05, 4.69) is 5.43 Å². The van der Waals surface area contributed by atoms with Gasteiger partial charge in [0.25, 0.3) is 0 Å². The van der Waals surface area contributed by atoms with Gasteiger partial charge in [0.1, 0.15) is 0 Å². The van der Waals surface area contributed by atoms with Gasteiger partial charge in [0, 0.05) is 6.54 Å². The maximum Gasteiger partial charge on any atom is 0.422 e. The molecular weight excluding hydrogens is 152 g/mol. The van der Waals surface area contributed by atoms with E-state index in [9.17, 15) is 4.79 Å². The first-order chi connectivity index (χ1) is 4.72. The lowest BCUT2D eigenvalue weighted by atomic mass is 10.8. The number of hydrogen-bond acceptors (Lipinski definition) is 3. The normalized spacial score (nSPS) is 9.40. The zero-order valence-corrected chi connectivity index (χ0v) is 6.94. The molecule has 0 radical (unpaired) electrons. The zero-order valence-electron chi connectivity index (χ0n) is 6.13. The minimum absolute atomic E-state index is 0.461. The SMILES string of the molecule is CCNN(CSC)C(=O)O. The second-order valence-electron chi connectivity index (χ2n) is 1.64. The molecule has 0 aromatic carbocycles. The average Bonchev–Trinajstić information content (AvgIpc) is 1.87. The van der Waals surface area contributed by atoms with Crippen molar-refractivity contribution in [3.05, 3.63) is 0 Å². The third kappa shape index (κ3) is 3.58. The van der Waals surface area contributed by atoms with E-state index in [0.29, 0.717) is 12.4 Å². The predicted octanol–water partition coefficient (Wildman–Crippen LogP) is 0.811. The number of rotatable bonds is 4. The summed E-state index contributed by atoms with van der Waals surface area (Å²) in [5.74, 6) is 0.461. The van der Waals surface area contributed by atoms with Crippen molar-refractivity contribution in [3.63, 3.8) is 0 Å². The van der Waals surface area contributed by atoms with Crippen molar-refractivity contribution in [1.82, 2.24) is 10.4 Å². The lowest BCUT2D eigenvalue weighted by Crippen LogP contribution is -2.41. The molecule has 60 valence electrons. The fourth-order valence-electron chi connectivity index (χ4n) is 0.488. The molecular formula is C5H12N2O2S. The van der Waals surface area contributed by atoms with Crippen molar-refractivity contribution in [3.8, 4) is 0 Å². The Hall–Kier alpha value is -0.420. The number of nitrogens with zero attached hydrogens (tertiary/aromatic N) is 1. The Morgan fingerprint density at radius 3 is 2.70 bits per heavy atom. The fourth-order valence-corrected chi connectivity index (χ4v) is 0.948. The molecule has 5 heteroatoms. The van der Waals surface area contributed by atoms with Crippen molar-refractivity contribution in [2.24, 2.45) is 0 Å². The van der Waals surface area contributed by atoms with Crippen LogP contribution in [-0.2, 0) is 0 Å². The molecule has 0 fully saturated rings. The molecule has 0 aromatic rings. The van der Waals surface area contributed by atoms with Crippen LogP contribution in [0.5, 0.6) is 0 Å². The highest BCUT2D eigenvalue weighted by Crippen LogP contribution is 1.95. The quantitative estimate of drug-likeness (QED) is 0.477. The molecule has 0 aliphatic carbocycles.